The third-order valence-electron chi connectivity index (χ3n) is 5.71. The molecule has 0 aliphatic carbocycles. The first-order valence-electron chi connectivity index (χ1n) is 10.6. The first-order chi connectivity index (χ1) is 16.6. The highest BCUT2D eigenvalue weighted by Gasteiger charge is 2.46. The maximum atomic E-state index is 13.1. The monoisotopic (exact) mass is 504 g/mol. The van der Waals surface area contributed by atoms with Gasteiger partial charge in [-0.2, -0.15) is 0 Å². The number of aliphatic hydroxyl groups is 1. The lowest BCUT2D eigenvalue weighted by Gasteiger charge is -2.25. The van der Waals surface area contributed by atoms with Crippen LogP contribution in [-0.2, 0) is 24.3 Å². The summed E-state index contributed by atoms with van der Waals surface area (Å²) in [4.78, 5) is 27.3. The molecule has 1 atom stereocenters. The number of rotatable bonds is 9. The summed E-state index contributed by atoms with van der Waals surface area (Å²) in [6.07, 6.45) is 0. The zero-order chi connectivity index (χ0) is 25.9. The van der Waals surface area contributed by atoms with Crippen molar-refractivity contribution in [2.24, 2.45) is 0 Å². The number of amides is 1. The van der Waals surface area contributed by atoms with E-state index in [-0.39, 0.29) is 29.2 Å². The second kappa shape index (κ2) is 10.5. The minimum atomic E-state index is -3.68. The molecule has 11 heteroatoms. The summed E-state index contributed by atoms with van der Waals surface area (Å²) >= 11 is 0. The van der Waals surface area contributed by atoms with Crippen LogP contribution in [-0.4, -0.2) is 83.0 Å². The summed E-state index contributed by atoms with van der Waals surface area (Å²) in [7, 11) is 3.57. The van der Waals surface area contributed by atoms with Crippen molar-refractivity contribution in [2.75, 3.05) is 48.6 Å². The molecule has 3 rings (SSSR count). The lowest BCUT2D eigenvalue weighted by atomic mass is 9.95. The van der Waals surface area contributed by atoms with Gasteiger partial charge < -0.3 is 24.2 Å². The molecule has 10 nitrogen and oxygen atoms in total. The molecule has 0 unspecified atom stereocenters. The Hall–Kier alpha value is -3.41. The highest BCUT2D eigenvalue weighted by Crippen LogP contribution is 2.41. The molecule has 2 aromatic carbocycles. The van der Waals surface area contributed by atoms with Crippen LogP contribution in [0.5, 0.6) is 11.5 Å². The van der Waals surface area contributed by atoms with Crippen molar-refractivity contribution >= 4 is 27.5 Å². The number of hydrogen-bond acceptors (Lipinski definition) is 8. The average molecular weight is 505 g/mol. The van der Waals surface area contributed by atoms with Crippen molar-refractivity contribution < 1.29 is 37.3 Å². The topological polar surface area (TPSA) is 123 Å². The first-order valence-corrected chi connectivity index (χ1v) is 12.0. The Morgan fingerprint density at radius 1 is 1.00 bits per heavy atom. The number of benzene rings is 2. The molecule has 188 valence electrons. The third-order valence-corrected chi connectivity index (χ3v) is 7.54. The molecule has 0 aromatic heterocycles. The third kappa shape index (κ3) is 4.88. The maximum absolute atomic E-state index is 13.1. The number of sulfonamides is 1. The number of nitrogens with zero attached hydrogens (tertiary/aromatic N) is 2. The number of hydrogen-bond donors (Lipinski definition) is 1. The SMILES string of the molecule is COCCN1C(=O)C(=O)/C(=C(/O)c2ccc(S(=O)(=O)N(C)C)cc2)[C@@H]1c1ccc(OC)c(OC)c1. The number of Topliss-reactive ketones (excluding diaryl/α,β-unsaturated/α-hetero) is 1. The Morgan fingerprint density at radius 3 is 2.17 bits per heavy atom. The van der Waals surface area contributed by atoms with E-state index < -0.39 is 33.5 Å². The van der Waals surface area contributed by atoms with Crippen molar-refractivity contribution in [1.82, 2.24) is 9.21 Å². The van der Waals surface area contributed by atoms with E-state index in [0.717, 1.165) is 4.31 Å². The summed E-state index contributed by atoms with van der Waals surface area (Å²) in [5.41, 5.74) is 0.589. The van der Waals surface area contributed by atoms with E-state index in [1.54, 1.807) is 18.2 Å². The lowest BCUT2D eigenvalue weighted by molar-refractivity contribution is -0.140. The molecule has 0 saturated carbocycles. The van der Waals surface area contributed by atoms with Gasteiger partial charge in [-0.1, -0.05) is 6.07 Å². The van der Waals surface area contributed by atoms with Gasteiger partial charge in [0.15, 0.2) is 11.5 Å². The Labute approximate surface area is 204 Å². The molecular formula is C24H28N2O8S. The molecule has 0 bridgehead atoms. The normalized spacial score (nSPS) is 17.8. The van der Waals surface area contributed by atoms with Gasteiger partial charge in [0.05, 0.1) is 37.3 Å². The predicted octanol–water partition coefficient (Wildman–Crippen LogP) is 2.02. The zero-order valence-corrected chi connectivity index (χ0v) is 21.0. The van der Waals surface area contributed by atoms with Crippen molar-refractivity contribution in [3.8, 4) is 11.5 Å². The molecule has 1 amide bonds. The van der Waals surface area contributed by atoms with Crippen molar-refractivity contribution in [1.29, 1.82) is 0 Å². The molecule has 1 fully saturated rings. The summed E-state index contributed by atoms with van der Waals surface area (Å²) in [6.45, 7) is 0.283. The number of carbonyl (C=O) groups is 2. The van der Waals surface area contributed by atoms with Crippen LogP contribution >= 0.6 is 0 Å². The maximum Gasteiger partial charge on any atom is 0.295 e. The van der Waals surface area contributed by atoms with Crippen LogP contribution in [0.2, 0.25) is 0 Å². The number of methoxy groups -OCH3 is 3. The van der Waals surface area contributed by atoms with Crippen molar-refractivity contribution in [3.63, 3.8) is 0 Å². The number of carbonyl (C=O) groups excluding carboxylic acids is 2. The van der Waals surface area contributed by atoms with Gasteiger partial charge in [-0.25, -0.2) is 12.7 Å². The van der Waals surface area contributed by atoms with Crippen LogP contribution in [0, 0.1) is 0 Å². The molecule has 1 heterocycles. The number of ether oxygens (including phenoxy) is 3. The van der Waals surface area contributed by atoms with Crippen LogP contribution in [0.1, 0.15) is 17.2 Å². The quantitative estimate of drug-likeness (QED) is 0.313. The van der Waals surface area contributed by atoms with E-state index in [2.05, 4.69) is 0 Å². The van der Waals surface area contributed by atoms with Gasteiger partial charge in [0, 0.05) is 33.3 Å². The molecule has 1 N–H and O–H groups in total. The van der Waals surface area contributed by atoms with Crippen molar-refractivity contribution in [2.45, 2.75) is 10.9 Å². The van der Waals surface area contributed by atoms with E-state index in [0.29, 0.717) is 17.1 Å². The van der Waals surface area contributed by atoms with E-state index in [4.69, 9.17) is 14.2 Å². The van der Waals surface area contributed by atoms with Gasteiger partial charge in [-0.05, 0) is 42.0 Å². The second-order valence-corrected chi connectivity index (χ2v) is 10.1. The Morgan fingerprint density at radius 2 is 1.63 bits per heavy atom. The van der Waals surface area contributed by atoms with E-state index in [1.807, 2.05) is 0 Å². The molecule has 0 spiro atoms. The van der Waals surface area contributed by atoms with Crippen LogP contribution in [0.25, 0.3) is 5.76 Å². The van der Waals surface area contributed by atoms with Crippen molar-refractivity contribution in [3.05, 3.63) is 59.2 Å². The second-order valence-electron chi connectivity index (χ2n) is 7.91. The fourth-order valence-corrected chi connectivity index (χ4v) is 4.72. The lowest BCUT2D eigenvalue weighted by Crippen LogP contribution is -2.32. The fourth-order valence-electron chi connectivity index (χ4n) is 3.82. The largest absolute Gasteiger partial charge is 0.507 e. The van der Waals surface area contributed by atoms with Crippen LogP contribution < -0.4 is 9.47 Å². The molecule has 1 saturated heterocycles. The predicted molar refractivity (Wildman–Crippen MR) is 128 cm³/mol. The van der Waals surface area contributed by atoms with E-state index in [1.165, 1.54) is 64.6 Å². The van der Waals surface area contributed by atoms with Crippen LogP contribution in [0.4, 0.5) is 0 Å². The van der Waals surface area contributed by atoms with Gasteiger partial charge in [0.25, 0.3) is 11.7 Å². The number of ketones is 1. The van der Waals surface area contributed by atoms with E-state index >= 15 is 0 Å². The van der Waals surface area contributed by atoms with Gasteiger partial charge in [0.1, 0.15) is 5.76 Å². The van der Waals surface area contributed by atoms with Gasteiger partial charge in [-0.3, -0.25) is 9.59 Å². The molecular weight excluding hydrogens is 476 g/mol. The van der Waals surface area contributed by atoms with Gasteiger partial charge in [-0.15, -0.1) is 0 Å². The van der Waals surface area contributed by atoms with E-state index in [9.17, 15) is 23.1 Å². The number of aliphatic hydroxyl groups excluding tert-OH is 1. The zero-order valence-electron chi connectivity index (χ0n) is 20.1. The molecule has 35 heavy (non-hydrogen) atoms. The summed E-state index contributed by atoms with van der Waals surface area (Å²) in [6, 6.07) is 9.47. The molecule has 1 aliphatic rings. The fraction of sp³-hybridized carbons (Fsp3) is 0.333. The summed E-state index contributed by atoms with van der Waals surface area (Å²) in [5.74, 6) is -1.21. The first kappa shape index (κ1) is 26.2. The summed E-state index contributed by atoms with van der Waals surface area (Å²) < 4.78 is 41.6. The van der Waals surface area contributed by atoms with Crippen LogP contribution in [0.3, 0.4) is 0 Å². The molecule has 2 aromatic rings. The van der Waals surface area contributed by atoms with Crippen LogP contribution in [0.15, 0.2) is 52.9 Å². The highest BCUT2D eigenvalue weighted by molar-refractivity contribution is 7.89. The average Bonchev–Trinajstić information content (AvgIpc) is 3.11. The Balaban J connectivity index is 2.16. The minimum absolute atomic E-state index is 0.0241. The van der Waals surface area contributed by atoms with Gasteiger partial charge >= 0.3 is 0 Å². The molecule has 1 aliphatic heterocycles. The minimum Gasteiger partial charge on any atom is -0.507 e. The summed E-state index contributed by atoms with van der Waals surface area (Å²) in [5, 5.41) is 11.1. The Bertz CT molecular complexity index is 1250. The standard InChI is InChI=1S/C24H28N2O8S/c1-25(2)35(30,31)17-9-6-15(7-10-17)22(27)20-21(26(12-13-32-3)24(29)23(20)28)16-8-11-18(33-4)19(14-16)34-5/h6-11,14,21,27H,12-13H2,1-5H3/b22-20+/t21-/m0/s1. The Kier molecular flexibility index (Phi) is 7.83. The molecule has 0 radical (unpaired) electrons. The van der Waals surface area contributed by atoms with Gasteiger partial charge in [0.2, 0.25) is 10.0 Å². The highest BCUT2D eigenvalue weighted by atomic mass is 32.2. The smallest absolute Gasteiger partial charge is 0.295 e. The number of likely N-dealkylation sites (tertiary alicyclic amines) is 1.